The number of rotatable bonds is 20. The van der Waals surface area contributed by atoms with E-state index in [0.717, 1.165) is 12.8 Å². The summed E-state index contributed by atoms with van der Waals surface area (Å²) in [4.78, 5) is 0. The molecule has 2 nitrogen and oxygen atoms in total. The van der Waals surface area contributed by atoms with Gasteiger partial charge in [-0.3, -0.25) is 0 Å². The van der Waals surface area contributed by atoms with Crippen LogP contribution in [0.1, 0.15) is 141 Å². The molecule has 0 aliphatic rings. The van der Waals surface area contributed by atoms with E-state index >= 15 is 0 Å². The number of hydrogen-bond donors (Lipinski definition) is 0. The van der Waals surface area contributed by atoms with E-state index in [1.807, 2.05) is 24.3 Å². The Morgan fingerprint density at radius 1 is 0.378 bits per heavy atom. The molecule has 0 radical (unpaired) electrons. The van der Waals surface area contributed by atoms with E-state index < -0.39 is 0 Å². The van der Waals surface area contributed by atoms with Crippen LogP contribution >= 0.6 is 0 Å². The third-order valence-electron chi connectivity index (χ3n) is 6.98. The van der Waals surface area contributed by atoms with E-state index in [0.29, 0.717) is 0 Å². The summed E-state index contributed by atoms with van der Waals surface area (Å²) in [5.41, 5.74) is 2.61. The Bertz CT molecular complexity index is 648. The van der Waals surface area contributed by atoms with Gasteiger partial charge in [0.15, 0.2) is 0 Å². The normalized spacial score (nSPS) is 10.4. The van der Waals surface area contributed by atoms with Crippen LogP contribution in [-0.2, 0) is 40.1 Å². The summed E-state index contributed by atoms with van der Waals surface area (Å²) in [7, 11) is 0. The molecule has 0 saturated heterocycles. The number of aryl methyl sites for hydroxylation is 2. The molecule has 0 bridgehead atoms. The Labute approximate surface area is 249 Å². The monoisotopic (exact) mass is 608 g/mol. The molecule has 0 amide bonds. The summed E-state index contributed by atoms with van der Waals surface area (Å²) < 4.78 is 0. The molecule has 2 rings (SSSR count). The zero-order chi connectivity index (χ0) is 26.1. The van der Waals surface area contributed by atoms with Gasteiger partial charge in [0.05, 0.1) is 0 Å². The van der Waals surface area contributed by atoms with Gasteiger partial charge in [0, 0.05) is 0 Å². The van der Waals surface area contributed by atoms with Gasteiger partial charge in [-0.15, -0.1) is 11.5 Å². The molecule has 0 fully saturated rings. The van der Waals surface area contributed by atoms with Crippen LogP contribution in [0.5, 0.6) is 11.5 Å². The van der Waals surface area contributed by atoms with Gasteiger partial charge in [-0.25, -0.2) is 0 Å². The molecule has 0 heterocycles. The first-order valence-electron chi connectivity index (χ1n) is 15.2. The second-order valence-electron chi connectivity index (χ2n) is 10.4. The third kappa shape index (κ3) is 22.6. The van der Waals surface area contributed by atoms with Crippen molar-refractivity contribution in [1.29, 1.82) is 0 Å². The summed E-state index contributed by atoms with van der Waals surface area (Å²) in [6, 6.07) is 14.5. The second kappa shape index (κ2) is 26.6. The van der Waals surface area contributed by atoms with Crippen molar-refractivity contribution < 1.29 is 37.5 Å². The van der Waals surface area contributed by atoms with Crippen molar-refractivity contribution in [1.82, 2.24) is 0 Å². The molecule has 204 valence electrons. The van der Waals surface area contributed by atoms with Gasteiger partial charge in [-0.2, -0.15) is 0 Å². The summed E-state index contributed by atoms with van der Waals surface area (Å²) in [5, 5.41) is 21.9. The number of hydrogen-bond acceptors (Lipinski definition) is 2. The Morgan fingerprint density at radius 3 is 0.892 bits per heavy atom. The molecule has 0 atom stereocenters. The summed E-state index contributed by atoms with van der Waals surface area (Å²) >= 11 is 0. The van der Waals surface area contributed by atoms with E-state index in [4.69, 9.17) is 0 Å². The molecule has 0 saturated carbocycles. The SMILES string of the molecule is CCCCCCCCCCCc1ccc([O-])cc1.CCCCCCCCCCCc1ccc([O-])cc1.[Cd+2]. The molecule has 0 spiro atoms. The van der Waals surface area contributed by atoms with Crippen molar-refractivity contribution in [3.05, 3.63) is 59.7 Å². The van der Waals surface area contributed by atoms with Crippen LogP contribution in [0.2, 0.25) is 0 Å². The van der Waals surface area contributed by atoms with E-state index in [1.165, 1.54) is 127 Å². The van der Waals surface area contributed by atoms with E-state index in [2.05, 4.69) is 13.8 Å². The molecule has 3 heteroatoms. The average Bonchev–Trinajstić information content (AvgIpc) is 2.89. The Kier molecular flexibility index (Phi) is 25.8. The fraction of sp³-hybridized carbons (Fsp3) is 0.647. The molecular weight excluding hydrogens is 553 g/mol. The first-order valence-corrected chi connectivity index (χ1v) is 15.2. The molecule has 0 aliphatic carbocycles. The van der Waals surface area contributed by atoms with Crippen LogP contribution in [-0.4, -0.2) is 0 Å². The zero-order valence-corrected chi connectivity index (χ0v) is 28.3. The van der Waals surface area contributed by atoms with E-state index in [1.54, 1.807) is 24.3 Å². The fourth-order valence-corrected chi connectivity index (χ4v) is 4.59. The molecule has 2 aromatic carbocycles. The topological polar surface area (TPSA) is 46.1 Å². The molecule has 0 aromatic heterocycles. The first kappa shape index (κ1) is 36.0. The van der Waals surface area contributed by atoms with Crippen LogP contribution in [0.4, 0.5) is 0 Å². The van der Waals surface area contributed by atoms with Crippen molar-refractivity contribution >= 4 is 0 Å². The van der Waals surface area contributed by atoms with Crippen LogP contribution in [0.3, 0.4) is 0 Å². The van der Waals surface area contributed by atoms with Crippen LogP contribution in [0, 0.1) is 0 Å². The van der Waals surface area contributed by atoms with Gasteiger partial charge in [0.25, 0.3) is 0 Å². The van der Waals surface area contributed by atoms with Gasteiger partial charge in [0.1, 0.15) is 0 Å². The second-order valence-corrected chi connectivity index (χ2v) is 10.4. The molecule has 0 aliphatic heterocycles. The minimum atomic E-state index is 0. The van der Waals surface area contributed by atoms with Crippen molar-refractivity contribution in [2.75, 3.05) is 0 Å². The summed E-state index contributed by atoms with van der Waals surface area (Å²) in [6.45, 7) is 4.53. The molecule has 37 heavy (non-hydrogen) atoms. The van der Waals surface area contributed by atoms with Gasteiger partial charge in [0.2, 0.25) is 0 Å². The predicted octanol–water partition coefficient (Wildman–Crippen LogP) is 9.66. The zero-order valence-electron chi connectivity index (χ0n) is 24.3. The predicted molar refractivity (Wildman–Crippen MR) is 154 cm³/mol. The molecule has 2 aromatic rings. The average molecular weight is 607 g/mol. The minimum Gasteiger partial charge on any atom is -0.872 e. The van der Waals surface area contributed by atoms with Gasteiger partial charge < -0.3 is 10.2 Å². The largest absolute Gasteiger partial charge is 2.00 e. The van der Waals surface area contributed by atoms with Crippen LogP contribution in [0.25, 0.3) is 0 Å². The van der Waals surface area contributed by atoms with E-state index in [9.17, 15) is 10.2 Å². The smallest absolute Gasteiger partial charge is 0.872 e. The van der Waals surface area contributed by atoms with Crippen molar-refractivity contribution in [3.63, 3.8) is 0 Å². The van der Waals surface area contributed by atoms with E-state index in [-0.39, 0.29) is 38.8 Å². The van der Waals surface area contributed by atoms with Crippen molar-refractivity contribution in [3.8, 4) is 11.5 Å². The maximum Gasteiger partial charge on any atom is 2.00 e. The van der Waals surface area contributed by atoms with Crippen molar-refractivity contribution in [2.24, 2.45) is 0 Å². The van der Waals surface area contributed by atoms with Crippen LogP contribution in [0.15, 0.2) is 48.5 Å². The molecular formula is C34H54CdO2. The van der Waals surface area contributed by atoms with Gasteiger partial charge >= 0.3 is 27.3 Å². The summed E-state index contributed by atoms with van der Waals surface area (Å²) in [6.07, 6.45) is 26.9. The van der Waals surface area contributed by atoms with Gasteiger partial charge in [-0.05, 0) is 36.8 Å². The maximum atomic E-state index is 10.9. The Morgan fingerprint density at radius 2 is 0.622 bits per heavy atom. The van der Waals surface area contributed by atoms with Crippen LogP contribution < -0.4 is 10.2 Å². The molecule has 0 N–H and O–H groups in total. The Hall–Kier alpha value is -1.04. The molecule has 0 unspecified atom stereocenters. The summed E-state index contributed by atoms with van der Waals surface area (Å²) in [5.74, 6) is 0.233. The number of unbranched alkanes of at least 4 members (excludes halogenated alkanes) is 16. The standard InChI is InChI=1S/2C17H28O.Cd/c2*1-2-3-4-5-6-7-8-9-10-11-16-12-14-17(18)15-13-16;/h2*12-15,18H,2-11H2,1H3;/q;;+2/p-2. The maximum absolute atomic E-state index is 10.9. The minimum absolute atomic E-state index is 0. The fourth-order valence-electron chi connectivity index (χ4n) is 4.59. The quantitative estimate of drug-likeness (QED) is 0.111. The van der Waals surface area contributed by atoms with Crippen molar-refractivity contribution in [2.45, 2.75) is 142 Å². The third-order valence-corrected chi connectivity index (χ3v) is 6.98. The Balaban J connectivity index is 0.000000682. The number of benzene rings is 2. The first-order chi connectivity index (χ1) is 17.7. The van der Waals surface area contributed by atoms with Gasteiger partial charge in [-0.1, -0.05) is 165 Å².